The topological polar surface area (TPSA) is 61.4 Å². The molecule has 1 amide bonds. The van der Waals surface area contributed by atoms with Gasteiger partial charge >= 0.3 is 0 Å². The quantitative estimate of drug-likeness (QED) is 0.666. The molecule has 0 aliphatic carbocycles. The molecule has 0 aliphatic heterocycles. The molecule has 0 saturated carbocycles. The lowest BCUT2D eigenvalue weighted by Crippen LogP contribution is -2.42. The Bertz CT molecular complexity index is 415. The van der Waals surface area contributed by atoms with Crippen molar-refractivity contribution in [3.63, 3.8) is 0 Å². The minimum Gasteiger partial charge on any atom is -0.387 e. The van der Waals surface area contributed by atoms with E-state index in [1.807, 2.05) is 31.2 Å². The van der Waals surface area contributed by atoms with E-state index in [2.05, 4.69) is 24.5 Å². The van der Waals surface area contributed by atoms with Crippen LogP contribution in [0, 0.1) is 12.8 Å². The molecule has 1 rings (SSSR count). The summed E-state index contributed by atoms with van der Waals surface area (Å²) in [5.41, 5.74) is 2.10. The minimum atomic E-state index is -0.548. The number of rotatable bonds is 7. The highest BCUT2D eigenvalue weighted by Crippen LogP contribution is 2.22. The Morgan fingerprint density at radius 3 is 2.30 bits per heavy atom. The zero-order valence-corrected chi connectivity index (χ0v) is 12.8. The van der Waals surface area contributed by atoms with Gasteiger partial charge in [-0.3, -0.25) is 4.79 Å². The first kappa shape index (κ1) is 16.7. The number of nitrogens with one attached hydrogen (secondary N) is 2. The van der Waals surface area contributed by atoms with Crippen molar-refractivity contribution in [3.8, 4) is 0 Å². The summed E-state index contributed by atoms with van der Waals surface area (Å²) in [6.45, 7) is 8.90. The zero-order chi connectivity index (χ0) is 15.1. The number of hydrogen-bond acceptors (Lipinski definition) is 3. The number of hydrogen-bond donors (Lipinski definition) is 3. The molecule has 112 valence electrons. The largest absolute Gasteiger partial charge is 0.387 e. The Balaban J connectivity index is 2.60. The van der Waals surface area contributed by atoms with Crippen molar-refractivity contribution < 1.29 is 9.90 Å². The summed E-state index contributed by atoms with van der Waals surface area (Å²) < 4.78 is 0. The van der Waals surface area contributed by atoms with Crippen molar-refractivity contribution >= 4 is 5.91 Å². The van der Waals surface area contributed by atoms with E-state index in [1.165, 1.54) is 12.5 Å². The van der Waals surface area contributed by atoms with Gasteiger partial charge < -0.3 is 15.7 Å². The number of aliphatic hydroxyl groups excluding tert-OH is 1. The fourth-order valence-corrected chi connectivity index (χ4v) is 2.16. The molecule has 1 aromatic rings. The molecule has 0 aliphatic rings. The highest BCUT2D eigenvalue weighted by atomic mass is 16.3. The van der Waals surface area contributed by atoms with Crippen LogP contribution in [0.25, 0.3) is 0 Å². The van der Waals surface area contributed by atoms with Crippen LogP contribution in [0.1, 0.15) is 38.0 Å². The van der Waals surface area contributed by atoms with Gasteiger partial charge in [-0.15, -0.1) is 0 Å². The Kier molecular flexibility index (Phi) is 6.68. The van der Waals surface area contributed by atoms with E-state index in [1.54, 1.807) is 0 Å². The van der Waals surface area contributed by atoms with Gasteiger partial charge in [0.15, 0.2) is 0 Å². The molecule has 2 atom stereocenters. The van der Waals surface area contributed by atoms with Crippen molar-refractivity contribution in [1.29, 1.82) is 0 Å². The first-order valence-corrected chi connectivity index (χ1v) is 7.14. The van der Waals surface area contributed by atoms with Gasteiger partial charge in [0.25, 0.3) is 0 Å². The Morgan fingerprint density at radius 2 is 1.80 bits per heavy atom. The number of benzene rings is 1. The van der Waals surface area contributed by atoms with Crippen LogP contribution in [-0.2, 0) is 4.79 Å². The van der Waals surface area contributed by atoms with E-state index in [0.717, 1.165) is 5.56 Å². The maximum Gasteiger partial charge on any atom is 0.216 e. The van der Waals surface area contributed by atoms with Crippen LogP contribution in [0.2, 0.25) is 0 Å². The summed E-state index contributed by atoms with van der Waals surface area (Å²) in [7, 11) is 0. The minimum absolute atomic E-state index is 0.0352. The third kappa shape index (κ3) is 5.31. The van der Waals surface area contributed by atoms with Crippen molar-refractivity contribution in [2.24, 2.45) is 5.92 Å². The lowest BCUT2D eigenvalue weighted by molar-refractivity contribution is -0.118. The van der Waals surface area contributed by atoms with Crippen molar-refractivity contribution in [3.05, 3.63) is 35.4 Å². The van der Waals surface area contributed by atoms with E-state index < -0.39 is 6.10 Å². The van der Waals surface area contributed by atoms with Gasteiger partial charge in [-0.25, -0.2) is 0 Å². The molecule has 1 aromatic carbocycles. The third-order valence-electron chi connectivity index (χ3n) is 3.36. The molecule has 20 heavy (non-hydrogen) atoms. The van der Waals surface area contributed by atoms with Gasteiger partial charge in [0.1, 0.15) is 0 Å². The predicted molar refractivity (Wildman–Crippen MR) is 81.5 cm³/mol. The molecule has 2 unspecified atom stereocenters. The number of carbonyl (C=O) groups is 1. The number of aryl methyl sites for hydroxylation is 1. The molecule has 0 heterocycles. The normalized spacial score (nSPS) is 14.1. The highest BCUT2D eigenvalue weighted by molar-refractivity contribution is 5.72. The standard InChI is InChI=1S/C16H26N2O2/c1-11(2)15(18-10-9-17-13(4)19)16(20)14-7-5-12(3)6-8-14/h5-8,11,15-16,18,20H,9-10H2,1-4H3,(H,17,19). The smallest absolute Gasteiger partial charge is 0.216 e. The van der Waals surface area contributed by atoms with E-state index in [-0.39, 0.29) is 11.9 Å². The SMILES string of the molecule is CC(=O)NCCNC(C(C)C)C(O)c1ccc(C)cc1. The van der Waals surface area contributed by atoms with Crippen molar-refractivity contribution in [2.75, 3.05) is 13.1 Å². The summed E-state index contributed by atoms with van der Waals surface area (Å²) in [6.07, 6.45) is -0.548. The van der Waals surface area contributed by atoms with Crippen LogP contribution in [0.5, 0.6) is 0 Å². The molecule has 3 N–H and O–H groups in total. The lowest BCUT2D eigenvalue weighted by atomic mass is 9.93. The van der Waals surface area contributed by atoms with Crippen LogP contribution in [0.15, 0.2) is 24.3 Å². The molecule has 4 heteroatoms. The Labute approximate surface area is 121 Å². The van der Waals surface area contributed by atoms with Crippen LogP contribution < -0.4 is 10.6 Å². The van der Waals surface area contributed by atoms with Crippen LogP contribution in [0.4, 0.5) is 0 Å². The number of carbonyl (C=O) groups excluding carboxylic acids is 1. The Hall–Kier alpha value is -1.39. The second-order valence-electron chi connectivity index (χ2n) is 5.56. The fourth-order valence-electron chi connectivity index (χ4n) is 2.16. The molecular weight excluding hydrogens is 252 g/mol. The van der Waals surface area contributed by atoms with Gasteiger partial charge in [0, 0.05) is 26.1 Å². The summed E-state index contributed by atoms with van der Waals surface area (Å²) in [6, 6.07) is 7.91. The number of amides is 1. The van der Waals surface area contributed by atoms with Crippen LogP contribution in [0.3, 0.4) is 0 Å². The molecule has 0 saturated heterocycles. The highest BCUT2D eigenvalue weighted by Gasteiger charge is 2.23. The van der Waals surface area contributed by atoms with E-state index in [0.29, 0.717) is 19.0 Å². The molecule has 0 bridgehead atoms. The second kappa shape index (κ2) is 8.02. The molecular formula is C16H26N2O2. The summed E-state index contributed by atoms with van der Waals surface area (Å²) in [5.74, 6) is 0.260. The van der Waals surface area contributed by atoms with E-state index in [9.17, 15) is 9.90 Å². The van der Waals surface area contributed by atoms with E-state index in [4.69, 9.17) is 0 Å². The summed E-state index contributed by atoms with van der Waals surface area (Å²) in [4.78, 5) is 10.8. The zero-order valence-electron chi connectivity index (χ0n) is 12.8. The average molecular weight is 278 g/mol. The van der Waals surface area contributed by atoms with Crippen LogP contribution in [-0.4, -0.2) is 30.1 Å². The maximum atomic E-state index is 10.8. The average Bonchev–Trinajstić information content (AvgIpc) is 2.38. The maximum absolute atomic E-state index is 10.8. The first-order valence-electron chi connectivity index (χ1n) is 7.14. The van der Waals surface area contributed by atoms with Crippen LogP contribution >= 0.6 is 0 Å². The fraction of sp³-hybridized carbons (Fsp3) is 0.562. The van der Waals surface area contributed by atoms with Gasteiger partial charge in [-0.2, -0.15) is 0 Å². The molecule has 0 radical (unpaired) electrons. The molecule has 4 nitrogen and oxygen atoms in total. The van der Waals surface area contributed by atoms with Gasteiger partial charge in [-0.05, 0) is 18.4 Å². The molecule has 0 fully saturated rings. The third-order valence-corrected chi connectivity index (χ3v) is 3.36. The van der Waals surface area contributed by atoms with Gasteiger partial charge in [0.05, 0.1) is 6.10 Å². The molecule has 0 aromatic heterocycles. The summed E-state index contributed by atoms with van der Waals surface area (Å²) in [5, 5.41) is 16.6. The summed E-state index contributed by atoms with van der Waals surface area (Å²) >= 11 is 0. The first-order chi connectivity index (χ1) is 9.41. The van der Waals surface area contributed by atoms with Gasteiger partial charge in [-0.1, -0.05) is 43.7 Å². The van der Waals surface area contributed by atoms with Crippen molar-refractivity contribution in [2.45, 2.75) is 39.8 Å². The predicted octanol–water partition coefficient (Wildman–Crippen LogP) is 1.78. The number of aliphatic hydroxyl groups is 1. The van der Waals surface area contributed by atoms with Gasteiger partial charge in [0.2, 0.25) is 5.91 Å². The lowest BCUT2D eigenvalue weighted by Gasteiger charge is -2.28. The monoisotopic (exact) mass is 278 g/mol. The second-order valence-corrected chi connectivity index (χ2v) is 5.56. The Morgan fingerprint density at radius 1 is 1.20 bits per heavy atom. The van der Waals surface area contributed by atoms with E-state index >= 15 is 0 Å². The van der Waals surface area contributed by atoms with Crippen molar-refractivity contribution in [1.82, 2.24) is 10.6 Å². The molecule has 0 spiro atoms.